The SMILES string of the molecule is CCOc1cc2c(cc1OCC)/C(=C(/Nc1ccc(N(CCN)C(C)=O)cc1)c1ccccc1)C(=O)N2. The first kappa shape index (κ1) is 25.8. The van der Waals surface area contributed by atoms with Crippen molar-refractivity contribution in [2.24, 2.45) is 5.73 Å². The molecular formula is C29H32N4O4. The predicted octanol–water partition coefficient (Wildman–Crippen LogP) is 4.73. The summed E-state index contributed by atoms with van der Waals surface area (Å²) in [6.45, 7) is 7.08. The van der Waals surface area contributed by atoms with Crippen LogP contribution in [-0.4, -0.2) is 38.1 Å². The molecule has 8 heteroatoms. The van der Waals surface area contributed by atoms with E-state index >= 15 is 0 Å². The minimum Gasteiger partial charge on any atom is -0.490 e. The molecule has 0 saturated heterocycles. The van der Waals surface area contributed by atoms with E-state index in [0.29, 0.717) is 54.8 Å². The Morgan fingerprint density at radius 3 is 2.22 bits per heavy atom. The maximum absolute atomic E-state index is 13.3. The van der Waals surface area contributed by atoms with Crippen LogP contribution in [0.1, 0.15) is 31.9 Å². The number of carbonyl (C=O) groups is 2. The highest BCUT2D eigenvalue weighted by Gasteiger charge is 2.30. The van der Waals surface area contributed by atoms with Crippen LogP contribution < -0.4 is 30.7 Å². The Balaban J connectivity index is 1.80. The number of ether oxygens (including phenoxy) is 2. The number of anilines is 3. The molecule has 0 unspecified atom stereocenters. The van der Waals surface area contributed by atoms with E-state index < -0.39 is 0 Å². The highest BCUT2D eigenvalue weighted by molar-refractivity contribution is 6.37. The molecule has 1 heterocycles. The van der Waals surface area contributed by atoms with Crippen LogP contribution in [-0.2, 0) is 9.59 Å². The maximum atomic E-state index is 13.3. The first-order valence-electron chi connectivity index (χ1n) is 12.4. The van der Waals surface area contributed by atoms with Gasteiger partial charge in [0.2, 0.25) is 5.91 Å². The van der Waals surface area contributed by atoms with Gasteiger partial charge in [0.05, 0.1) is 30.2 Å². The topological polar surface area (TPSA) is 106 Å². The highest BCUT2D eigenvalue weighted by Crippen LogP contribution is 2.43. The van der Waals surface area contributed by atoms with Crippen molar-refractivity contribution in [3.63, 3.8) is 0 Å². The lowest BCUT2D eigenvalue weighted by molar-refractivity contribution is -0.116. The Morgan fingerprint density at radius 1 is 0.973 bits per heavy atom. The third kappa shape index (κ3) is 5.59. The smallest absolute Gasteiger partial charge is 0.258 e. The van der Waals surface area contributed by atoms with Crippen LogP contribution in [0.5, 0.6) is 11.5 Å². The van der Waals surface area contributed by atoms with Crippen molar-refractivity contribution in [1.82, 2.24) is 0 Å². The number of amides is 2. The molecule has 0 spiro atoms. The van der Waals surface area contributed by atoms with Gasteiger partial charge in [-0.15, -0.1) is 0 Å². The molecule has 1 aliphatic rings. The van der Waals surface area contributed by atoms with Crippen LogP contribution in [0, 0.1) is 0 Å². The largest absolute Gasteiger partial charge is 0.490 e. The van der Waals surface area contributed by atoms with E-state index in [1.165, 1.54) is 6.92 Å². The van der Waals surface area contributed by atoms with Crippen LogP contribution in [0.4, 0.5) is 17.1 Å². The van der Waals surface area contributed by atoms with Gasteiger partial charge in [-0.2, -0.15) is 0 Å². The highest BCUT2D eigenvalue weighted by atomic mass is 16.5. The summed E-state index contributed by atoms with van der Waals surface area (Å²) in [7, 11) is 0. The summed E-state index contributed by atoms with van der Waals surface area (Å²) in [4.78, 5) is 27.0. The lowest BCUT2D eigenvalue weighted by atomic mass is 9.99. The lowest BCUT2D eigenvalue weighted by Crippen LogP contribution is -2.33. The van der Waals surface area contributed by atoms with Crippen molar-refractivity contribution in [2.45, 2.75) is 20.8 Å². The average Bonchev–Trinajstić information content (AvgIpc) is 3.21. The zero-order valence-electron chi connectivity index (χ0n) is 21.3. The molecule has 8 nitrogen and oxygen atoms in total. The van der Waals surface area contributed by atoms with E-state index in [1.54, 1.807) is 11.0 Å². The number of carbonyl (C=O) groups excluding carboxylic acids is 2. The molecule has 192 valence electrons. The van der Waals surface area contributed by atoms with Gasteiger partial charge >= 0.3 is 0 Å². The predicted molar refractivity (Wildman–Crippen MR) is 148 cm³/mol. The van der Waals surface area contributed by atoms with Crippen LogP contribution in [0.15, 0.2) is 66.7 Å². The monoisotopic (exact) mass is 500 g/mol. The Hall–Kier alpha value is -4.30. The van der Waals surface area contributed by atoms with Crippen LogP contribution in [0.25, 0.3) is 11.3 Å². The number of nitrogens with one attached hydrogen (secondary N) is 2. The molecule has 0 aromatic heterocycles. The normalized spacial score (nSPS) is 13.5. The molecule has 4 N–H and O–H groups in total. The summed E-state index contributed by atoms with van der Waals surface area (Å²) >= 11 is 0. The minimum absolute atomic E-state index is 0.0750. The third-order valence-electron chi connectivity index (χ3n) is 5.92. The summed E-state index contributed by atoms with van der Waals surface area (Å²) in [5.41, 5.74) is 10.6. The van der Waals surface area contributed by atoms with Gasteiger partial charge in [-0.05, 0) is 49.7 Å². The van der Waals surface area contributed by atoms with E-state index in [4.69, 9.17) is 15.2 Å². The zero-order chi connectivity index (χ0) is 26.4. The van der Waals surface area contributed by atoms with E-state index in [0.717, 1.165) is 22.5 Å². The maximum Gasteiger partial charge on any atom is 0.258 e. The quantitative estimate of drug-likeness (QED) is 0.348. The van der Waals surface area contributed by atoms with Gasteiger partial charge in [0.15, 0.2) is 11.5 Å². The van der Waals surface area contributed by atoms with Crippen molar-refractivity contribution >= 4 is 40.1 Å². The number of fused-ring (bicyclic) bond motifs is 1. The molecule has 37 heavy (non-hydrogen) atoms. The number of hydrogen-bond donors (Lipinski definition) is 3. The van der Waals surface area contributed by atoms with Gasteiger partial charge < -0.3 is 30.7 Å². The number of benzene rings is 3. The van der Waals surface area contributed by atoms with Crippen LogP contribution in [0.2, 0.25) is 0 Å². The van der Waals surface area contributed by atoms with Gasteiger partial charge in [0, 0.05) is 43.0 Å². The standard InChI is InChI=1S/C29H32N4O4/c1-4-36-25-17-23-24(18-26(25)37-5-2)32-29(35)27(23)28(20-9-7-6-8-10-20)31-21-11-13-22(14-12-21)33(16-15-30)19(3)34/h6-14,17-18,31H,4-5,15-16,30H2,1-3H3,(H,32,35)/b28-27-. The first-order chi connectivity index (χ1) is 18.0. The molecule has 0 radical (unpaired) electrons. The van der Waals surface area contributed by atoms with Gasteiger partial charge in [0.1, 0.15) is 0 Å². The summed E-state index contributed by atoms with van der Waals surface area (Å²) in [5, 5.41) is 6.42. The fourth-order valence-electron chi connectivity index (χ4n) is 4.31. The van der Waals surface area contributed by atoms with Gasteiger partial charge in [0.25, 0.3) is 5.91 Å². The van der Waals surface area contributed by atoms with Crippen molar-refractivity contribution in [1.29, 1.82) is 0 Å². The van der Waals surface area contributed by atoms with Crippen molar-refractivity contribution < 1.29 is 19.1 Å². The molecule has 1 aliphatic heterocycles. The van der Waals surface area contributed by atoms with E-state index in [1.807, 2.05) is 74.5 Å². The number of nitrogens with two attached hydrogens (primary N) is 1. The Kier molecular flexibility index (Phi) is 8.10. The Morgan fingerprint density at radius 2 is 1.62 bits per heavy atom. The number of hydrogen-bond acceptors (Lipinski definition) is 6. The van der Waals surface area contributed by atoms with Crippen LogP contribution in [0.3, 0.4) is 0 Å². The second kappa shape index (κ2) is 11.6. The van der Waals surface area contributed by atoms with E-state index in [2.05, 4.69) is 10.6 Å². The second-order valence-corrected chi connectivity index (χ2v) is 8.41. The van der Waals surface area contributed by atoms with Crippen LogP contribution >= 0.6 is 0 Å². The van der Waals surface area contributed by atoms with E-state index in [-0.39, 0.29) is 11.8 Å². The molecule has 4 rings (SSSR count). The summed E-state index contributed by atoms with van der Waals surface area (Å²) in [6, 6.07) is 20.8. The Bertz CT molecular complexity index is 1300. The summed E-state index contributed by atoms with van der Waals surface area (Å²) in [5.74, 6) is 0.869. The summed E-state index contributed by atoms with van der Waals surface area (Å²) < 4.78 is 11.6. The second-order valence-electron chi connectivity index (χ2n) is 8.41. The molecule has 3 aromatic rings. The Labute approximate surface area is 217 Å². The minimum atomic E-state index is -0.222. The fourth-order valence-corrected chi connectivity index (χ4v) is 4.31. The molecule has 0 aliphatic carbocycles. The molecule has 0 fully saturated rings. The van der Waals surface area contributed by atoms with Crippen molar-refractivity contribution in [3.05, 3.63) is 77.9 Å². The molecule has 3 aromatic carbocycles. The molecule has 0 atom stereocenters. The van der Waals surface area contributed by atoms with Gasteiger partial charge in [-0.25, -0.2) is 0 Å². The van der Waals surface area contributed by atoms with Gasteiger partial charge in [-0.3, -0.25) is 9.59 Å². The van der Waals surface area contributed by atoms with Gasteiger partial charge in [-0.1, -0.05) is 30.3 Å². The third-order valence-corrected chi connectivity index (χ3v) is 5.92. The zero-order valence-corrected chi connectivity index (χ0v) is 21.3. The lowest BCUT2D eigenvalue weighted by Gasteiger charge is -2.21. The molecule has 2 amide bonds. The molecule has 0 saturated carbocycles. The van der Waals surface area contributed by atoms with Crippen molar-refractivity contribution in [3.8, 4) is 11.5 Å². The van der Waals surface area contributed by atoms with Crippen molar-refractivity contribution in [2.75, 3.05) is 41.8 Å². The molecule has 0 bridgehead atoms. The number of rotatable bonds is 10. The number of nitrogens with zero attached hydrogens (tertiary/aromatic N) is 1. The average molecular weight is 501 g/mol. The van der Waals surface area contributed by atoms with E-state index in [9.17, 15) is 9.59 Å². The summed E-state index contributed by atoms with van der Waals surface area (Å²) in [6.07, 6.45) is 0. The molecular weight excluding hydrogens is 468 g/mol. The fraction of sp³-hybridized carbons (Fsp3) is 0.241. The first-order valence-corrected chi connectivity index (χ1v) is 12.4.